The lowest BCUT2D eigenvalue weighted by atomic mass is 9.98. The minimum absolute atomic E-state index is 0.0393. The van der Waals surface area contributed by atoms with Crippen molar-refractivity contribution >= 4 is 43.9 Å². The number of nitrogens with zero attached hydrogens (tertiary/aromatic N) is 1. The monoisotopic (exact) mass is 323 g/mol. The minimum Gasteiger partial charge on any atom is -0.466 e. The number of piperidine rings is 1. The van der Waals surface area contributed by atoms with Crippen molar-refractivity contribution in [2.24, 2.45) is 5.92 Å². The first kappa shape index (κ1) is 14.5. The van der Waals surface area contributed by atoms with E-state index in [1.165, 1.54) is 11.3 Å². The van der Waals surface area contributed by atoms with Crippen molar-refractivity contribution in [1.29, 1.82) is 0 Å². The van der Waals surface area contributed by atoms with Gasteiger partial charge in [0.1, 0.15) is 0 Å². The van der Waals surface area contributed by atoms with Crippen LogP contribution in [0.25, 0.3) is 9.40 Å². The van der Waals surface area contributed by atoms with Gasteiger partial charge in [-0.15, -0.1) is 22.7 Å². The van der Waals surface area contributed by atoms with Gasteiger partial charge in [-0.1, -0.05) is 0 Å². The molecule has 1 amide bonds. The Morgan fingerprint density at radius 3 is 3.05 bits per heavy atom. The average molecular weight is 323 g/mol. The molecule has 1 saturated heterocycles. The molecule has 2 aromatic heterocycles. The minimum atomic E-state index is -0.179. The molecule has 0 radical (unpaired) electrons. The van der Waals surface area contributed by atoms with E-state index in [0.717, 1.165) is 33.7 Å². The van der Waals surface area contributed by atoms with E-state index >= 15 is 0 Å². The molecule has 1 unspecified atom stereocenters. The Balaban J connectivity index is 1.72. The Hall–Kier alpha value is -1.40. The van der Waals surface area contributed by atoms with E-state index in [9.17, 15) is 9.59 Å². The predicted octanol–water partition coefficient (Wildman–Crippen LogP) is 3.38. The van der Waals surface area contributed by atoms with Gasteiger partial charge in [0.05, 0.1) is 17.4 Å². The number of amides is 1. The maximum absolute atomic E-state index is 12.6. The van der Waals surface area contributed by atoms with Crippen LogP contribution < -0.4 is 0 Å². The number of rotatable bonds is 3. The fourth-order valence-electron chi connectivity index (χ4n) is 2.64. The van der Waals surface area contributed by atoms with Crippen LogP contribution in [0, 0.1) is 5.92 Å². The van der Waals surface area contributed by atoms with E-state index in [1.807, 2.05) is 24.4 Å². The van der Waals surface area contributed by atoms with Crippen molar-refractivity contribution in [3.8, 4) is 0 Å². The highest BCUT2D eigenvalue weighted by atomic mass is 32.1. The van der Waals surface area contributed by atoms with Crippen molar-refractivity contribution in [1.82, 2.24) is 4.90 Å². The molecular formula is C15H17NO3S2. The first-order valence-electron chi connectivity index (χ1n) is 7.12. The summed E-state index contributed by atoms with van der Waals surface area (Å²) in [7, 11) is 0. The third-order valence-electron chi connectivity index (χ3n) is 3.68. The smallest absolute Gasteiger partial charge is 0.310 e. The highest BCUT2D eigenvalue weighted by Gasteiger charge is 2.30. The molecule has 1 atom stereocenters. The van der Waals surface area contributed by atoms with Crippen LogP contribution in [-0.4, -0.2) is 36.5 Å². The van der Waals surface area contributed by atoms with Gasteiger partial charge in [-0.05, 0) is 37.3 Å². The molecule has 1 aliphatic heterocycles. The van der Waals surface area contributed by atoms with Crippen LogP contribution in [0.1, 0.15) is 29.4 Å². The molecule has 2 aromatic rings. The van der Waals surface area contributed by atoms with Crippen molar-refractivity contribution in [3.63, 3.8) is 0 Å². The highest BCUT2D eigenvalue weighted by Crippen LogP contribution is 2.31. The van der Waals surface area contributed by atoms with Gasteiger partial charge in [0, 0.05) is 22.5 Å². The van der Waals surface area contributed by atoms with Gasteiger partial charge < -0.3 is 9.64 Å². The van der Waals surface area contributed by atoms with Crippen molar-refractivity contribution in [3.05, 3.63) is 22.4 Å². The second-order valence-electron chi connectivity index (χ2n) is 5.10. The zero-order valence-electron chi connectivity index (χ0n) is 11.8. The average Bonchev–Trinajstić information content (AvgIpc) is 3.08. The lowest BCUT2D eigenvalue weighted by molar-refractivity contribution is -0.149. The summed E-state index contributed by atoms with van der Waals surface area (Å²) in [6, 6.07) is 4.00. The van der Waals surface area contributed by atoms with Gasteiger partial charge in [-0.2, -0.15) is 0 Å². The van der Waals surface area contributed by atoms with E-state index < -0.39 is 0 Å². The number of thiophene rings is 2. The molecule has 4 nitrogen and oxygen atoms in total. The Bertz CT molecular complexity index is 632. The summed E-state index contributed by atoms with van der Waals surface area (Å²) in [5, 5.41) is 2.03. The van der Waals surface area contributed by atoms with Crippen LogP contribution in [-0.2, 0) is 9.53 Å². The van der Waals surface area contributed by atoms with Crippen molar-refractivity contribution in [2.75, 3.05) is 19.7 Å². The summed E-state index contributed by atoms with van der Waals surface area (Å²) < 4.78 is 7.39. The van der Waals surface area contributed by atoms with Gasteiger partial charge in [-0.25, -0.2) is 0 Å². The number of hydrogen-bond acceptors (Lipinski definition) is 5. The van der Waals surface area contributed by atoms with Crippen LogP contribution in [0.3, 0.4) is 0 Å². The SMILES string of the molecule is CCOC(=O)C1CCCN(C(=O)c2cc3sccc3s2)C1. The summed E-state index contributed by atoms with van der Waals surface area (Å²) in [4.78, 5) is 27.0. The number of ether oxygens (including phenoxy) is 1. The molecule has 0 bridgehead atoms. The van der Waals surface area contributed by atoms with Crippen LogP contribution >= 0.6 is 22.7 Å². The molecule has 21 heavy (non-hydrogen) atoms. The normalized spacial score (nSPS) is 18.9. The number of fused-ring (bicyclic) bond motifs is 1. The van der Waals surface area contributed by atoms with E-state index in [-0.39, 0.29) is 17.8 Å². The Morgan fingerprint density at radius 2 is 2.29 bits per heavy atom. The zero-order chi connectivity index (χ0) is 14.8. The van der Waals surface area contributed by atoms with Crippen LogP contribution in [0.2, 0.25) is 0 Å². The number of carbonyl (C=O) groups excluding carboxylic acids is 2. The molecule has 3 heterocycles. The van der Waals surface area contributed by atoms with Crippen LogP contribution in [0.4, 0.5) is 0 Å². The van der Waals surface area contributed by atoms with Gasteiger partial charge >= 0.3 is 5.97 Å². The predicted molar refractivity (Wildman–Crippen MR) is 85.0 cm³/mol. The Kier molecular flexibility index (Phi) is 4.26. The summed E-state index contributed by atoms with van der Waals surface area (Å²) in [6.07, 6.45) is 1.66. The van der Waals surface area contributed by atoms with E-state index in [4.69, 9.17) is 4.74 Å². The molecule has 1 fully saturated rings. The second-order valence-corrected chi connectivity index (χ2v) is 7.13. The highest BCUT2D eigenvalue weighted by molar-refractivity contribution is 7.27. The number of carbonyl (C=O) groups is 2. The fraction of sp³-hybridized carbons (Fsp3) is 0.467. The first-order chi connectivity index (χ1) is 10.2. The number of hydrogen-bond donors (Lipinski definition) is 0. The summed E-state index contributed by atoms with van der Waals surface area (Å²) in [5.41, 5.74) is 0. The molecule has 0 N–H and O–H groups in total. The molecule has 0 spiro atoms. The molecule has 6 heteroatoms. The summed E-state index contributed by atoms with van der Waals surface area (Å²) in [6.45, 7) is 3.40. The molecular weight excluding hydrogens is 306 g/mol. The van der Waals surface area contributed by atoms with Gasteiger partial charge in [0.15, 0.2) is 0 Å². The van der Waals surface area contributed by atoms with E-state index in [2.05, 4.69) is 0 Å². The quantitative estimate of drug-likeness (QED) is 0.814. The lowest BCUT2D eigenvalue weighted by Crippen LogP contribution is -2.42. The van der Waals surface area contributed by atoms with Crippen LogP contribution in [0.5, 0.6) is 0 Å². The van der Waals surface area contributed by atoms with Crippen molar-refractivity contribution in [2.45, 2.75) is 19.8 Å². The maximum Gasteiger partial charge on any atom is 0.310 e. The second kappa shape index (κ2) is 6.15. The summed E-state index contributed by atoms with van der Waals surface area (Å²) >= 11 is 3.18. The Morgan fingerprint density at radius 1 is 1.43 bits per heavy atom. The molecule has 0 aromatic carbocycles. The molecule has 3 rings (SSSR count). The largest absolute Gasteiger partial charge is 0.466 e. The van der Waals surface area contributed by atoms with Crippen LogP contribution in [0.15, 0.2) is 17.5 Å². The summed E-state index contributed by atoms with van der Waals surface area (Å²) in [5.74, 6) is -0.316. The first-order valence-corrected chi connectivity index (χ1v) is 8.81. The maximum atomic E-state index is 12.6. The Labute approximate surface area is 131 Å². The molecule has 112 valence electrons. The topological polar surface area (TPSA) is 46.6 Å². The fourth-order valence-corrected chi connectivity index (χ4v) is 4.72. The lowest BCUT2D eigenvalue weighted by Gasteiger charge is -2.31. The molecule has 0 aliphatic carbocycles. The van der Waals surface area contributed by atoms with Gasteiger partial charge in [-0.3, -0.25) is 9.59 Å². The van der Waals surface area contributed by atoms with Gasteiger partial charge in [0.2, 0.25) is 0 Å². The van der Waals surface area contributed by atoms with Gasteiger partial charge in [0.25, 0.3) is 5.91 Å². The third kappa shape index (κ3) is 2.96. The third-order valence-corrected chi connectivity index (χ3v) is 5.76. The van der Waals surface area contributed by atoms with E-state index in [0.29, 0.717) is 13.2 Å². The zero-order valence-corrected chi connectivity index (χ0v) is 13.5. The molecule has 1 aliphatic rings. The standard InChI is InChI=1S/C15H17NO3S2/c1-2-19-15(18)10-4-3-6-16(9-10)14(17)13-8-12-11(21-13)5-7-20-12/h5,7-8,10H,2-4,6,9H2,1H3. The molecule has 0 saturated carbocycles. The van der Waals surface area contributed by atoms with E-state index in [1.54, 1.807) is 16.2 Å². The van der Waals surface area contributed by atoms with Crippen molar-refractivity contribution < 1.29 is 14.3 Å². The number of esters is 1. The number of likely N-dealkylation sites (tertiary alicyclic amines) is 1.